The molecule has 1 amide bonds. The number of carboxylic acid groups (broad SMARTS) is 1. The maximum absolute atomic E-state index is 12.7. The molecular formula is C17H16ClNO3. The van der Waals surface area contributed by atoms with Crippen LogP contribution in [-0.4, -0.2) is 17.0 Å². The Balaban J connectivity index is 1.61. The van der Waals surface area contributed by atoms with Crippen molar-refractivity contribution in [2.45, 2.75) is 6.42 Å². The number of hydrogen-bond donors (Lipinski definition) is 2. The third-order valence-electron chi connectivity index (χ3n) is 5.33. The monoisotopic (exact) mass is 317 g/mol. The van der Waals surface area contributed by atoms with E-state index < -0.39 is 17.8 Å². The highest BCUT2D eigenvalue weighted by Gasteiger charge is 2.62. The van der Waals surface area contributed by atoms with Gasteiger partial charge in [0.25, 0.3) is 0 Å². The van der Waals surface area contributed by atoms with E-state index in [4.69, 9.17) is 11.6 Å². The number of anilines is 1. The Morgan fingerprint density at radius 3 is 2.45 bits per heavy atom. The molecule has 2 fully saturated rings. The fourth-order valence-electron chi connectivity index (χ4n) is 4.36. The van der Waals surface area contributed by atoms with Gasteiger partial charge in [0.2, 0.25) is 5.91 Å². The first kappa shape index (κ1) is 13.8. The van der Waals surface area contributed by atoms with Crippen molar-refractivity contribution in [2.75, 3.05) is 5.32 Å². The third kappa shape index (κ3) is 2.05. The average molecular weight is 318 g/mol. The summed E-state index contributed by atoms with van der Waals surface area (Å²) in [6.45, 7) is 0. The van der Waals surface area contributed by atoms with Gasteiger partial charge in [-0.2, -0.15) is 0 Å². The minimum atomic E-state index is -0.865. The quantitative estimate of drug-likeness (QED) is 0.842. The molecule has 2 saturated carbocycles. The first-order valence-corrected chi connectivity index (χ1v) is 7.91. The Hall–Kier alpha value is -1.81. The maximum Gasteiger partial charge on any atom is 0.307 e. The van der Waals surface area contributed by atoms with Crippen LogP contribution in [0.2, 0.25) is 5.02 Å². The van der Waals surface area contributed by atoms with Gasteiger partial charge in [0, 0.05) is 10.7 Å². The highest BCUT2D eigenvalue weighted by molar-refractivity contribution is 6.30. The van der Waals surface area contributed by atoms with Crippen molar-refractivity contribution in [3.8, 4) is 0 Å². The minimum absolute atomic E-state index is 0.00242. The van der Waals surface area contributed by atoms with Crippen LogP contribution in [0, 0.1) is 35.5 Å². The molecule has 4 aliphatic carbocycles. The van der Waals surface area contributed by atoms with Crippen molar-refractivity contribution in [1.82, 2.24) is 0 Å². The summed E-state index contributed by atoms with van der Waals surface area (Å²) in [5.74, 6) is -1.17. The molecule has 2 N–H and O–H groups in total. The lowest BCUT2D eigenvalue weighted by molar-refractivity contribution is -0.152. The smallest absolute Gasteiger partial charge is 0.307 e. The molecule has 1 aromatic carbocycles. The number of rotatable bonds is 3. The molecule has 4 aliphatic rings. The largest absolute Gasteiger partial charge is 0.481 e. The Kier molecular flexibility index (Phi) is 3.05. The average Bonchev–Trinajstić information content (AvgIpc) is 3.28. The zero-order chi connectivity index (χ0) is 15.4. The number of carboxylic acids is 1. The van der Waals surface area contributed by atoms with Crippen molar-refractivity contribution >= 4 is 29.2 Å². The van der Waals surface area contributed by atoms with Crippen LogP contribution < -0.4 is 5.32 Å². The van der Waals surface area contributed by atoms with Crippen LogP contribution >= 0.6 is 11.6 Å². The molecule has 0 saturated heterocycles. The van der Waals surface area contributed by atoms with Crippen LogP contribution in [0.1, 0.15) is 6.42 Å². The summed E-state index contributed by atoms with van der Waals surface area (Å²) in [5.41, 5.74) is 0.611. The molecule has 4 nitrogen and oxygen atoms in total. The van der Waals surface area contributed by atoms with Crippen LogP contribution in [-0.2, 0) is 9.59 Å². The lowest BCUT2D eigenvalue weighted by Gasteiger charge is -2.41. The van der Waals surface area contributed by atoms with Crippen molar-refractivity contribution in [2.24, 2.45) is 35.5 Å². The van der Waals surface area contributed by atoms with E-state index >= 15 is 0 Å². The molecule has 0 radical (unpaired) electrons. The van der Waals surface area contributed by atoms with Crippen LogP contribution in [0.3, 0.4) is 0 Å². The number of halogens is 1. The Morgan fingerprint density at radius 2 is 1.82 bits per heavy atom. The van der Waals surface area contributed by atoms with Crippen molar-refractivity contribution in [1.29, 1.82) is 0 Å². The van der Waals surface area contributed by atoms with Gasteiger partial charge in [-0.1, -0.05) is 29.8 Å². The maximum atomic E-state index is 12.7. The number of fused-ring (bicyclic) bond motifs is 1. The molecule has 5 rings (SSSR count). The topological polar surface area (TPSA) is 66.4 Å². The molecule has 0 unspecified atom stereocenters. The summed E-state index contributed by atoms with van der Waals surface area (Å²) in [7, 11) is 0. The number of nitrogens with one attached hydrogen (secondary N) is 1. The molecular weight excluding hydrogens is 302 g/mol. The fourth-order valence-corrected chi connectivity index (χ4v) is 4.55. The Bertz CT molecular complexity index is 686. The number of carbonyl (C=O) groups excluding carboxylic acids is 1. The Morgan fingerprint density at radius 1 is 1.14 bits per heavy atom. The molecule has 2 bridgehead atoms. The van der Waals surface area contributed by atoms with Crippen LogP contribution in [0.25, 0.3) is 0 Å². The SMILES string of the molecule is O=C(O)[C@@H]1[C@@H]2C=C[C@@H]([C@@H]3C[C@H]23)[C@@H]1C(=O)Nc1cccc(Cl)c1. The Labute approximate surface area is 133 Å². The van der Waals surface area contributed by atoms with Crippen LogP contribution in [0.4, 0.5) is 5.69 Å². The van der Waals surface area contributed by atoms with E-state index in [1.807, 2.05) is 6.08 Å². The normalized spacial score (nSPS) is 37.5. The first-order valence-electron chi connectivity index (χ1n) is 7.54. The summed E-state index contributed by atoms with van der Waals surface area (Å²) in [5, 5.41) is 13.0. The van der Waals surface area contributed by atoms with Gasteiger partial charge in [-0.3, -0.25) is 9.59 Å². The van der Waals surface area contributed by atoms with Crippen molar-refractivity contribution < 1.29 is 14.7 Å². The number of hydrogen-bond acceptors (Lipinski definition) is 2. The lowest BCUT2D eigenvalue weighted by Crippen LogP contribution is -2.48. The van der Waals surface area contributed by atoms with Crippen LogP contribution in [0.15, 0.2) is 36.4 Å². The van der Waals surface area contributed by atoms with Gasteiger partial charge in [0.1, 0.15) is 0 Å². The molecule has 0 aliphatic heterocycles. The third-order valence-corrected chi connectivity index (χ3v) is 5.57. The van der Waals surface area contributed by atoms with Crippen molar-refractivity contribution in [3.63, 3.8) is 0 Å². The molecule has 114 valence electrons. The highest BCUT2D eigenvalue weighted by atomic mass is 35.5. The number of aliphatic carboxylic acids is 1. The fraction of sp³-hybridized carbons (Fsp3) is 0.412. The van der Waals surface area contributed by atoms with E-state index in [-0.39, 0.29) is 17.7 Å². The zero-order valence-electron chi connectivity index (χ0n) is 11.8. The summed E-state index contributed by atoms with van der Waals surface area (Å²) < 4.78 is 0. The lowest BCUT2D eigenvalue weighted by atomic mass is 9.62. The van der Waals surface area contributed by atoms with E-state index in [1.54, 1.807) is 24.3 Å². The van der Waals surface area contributed by atoms with Gasteiger partial charge >= 0.3 is 5.97 Å². The predicted molar refractivity (Wildman–Crippen MR) is 82.4 cm³/mol. The molecule has 0 aromatic heterocycles. The number of amides is 1. The van der Waals surface area contributed by atoms with Gasteiger partial charge < -0.3 is 10.4 Å². The van der Waals surface area contributed by atoms with E-state index in [1.165, 1.54) is 0 Å². The summed E-state index contributed by atoms with van der Waals surface area (Å²) >= 11 is 5.93. The highest BCUT2D eigenvalue weighted by Crippen LogP contribution is 2.63. The second-order valence-electron chi connectivity index (χ2n) is 6.49. The van der Waals surface area contributed by atoms with Gasteiger partial charge in [0.15, 0.2) is 0 Å². The van der Waals surface area contributed by atoms with E-state index in [9.17, 15) is 14.7 Å². The van der Waals surface area contributed by atoms with Gasteiger partial charge in [-0.05, 0) is 48.3 Å². The molecule has 0 heterocycles. The second-order valence-corrected chi connectivity index (χ2v) is 6.93. The summed E-state index contributed by atoms with van der Waals surface area (Å²) in [6, 6.07) is 6.93. The molecule has 6 atom stereocenters. The van der Waals surface area contributed by atoms with Gasteiger partial charge in [0.05, 0.1) is 11.8 Å². The first-order chi connectivity index (χ1) is 10.6. The molecule has 5 heteroatoms. The predicted octanol–water partition coefficient (Wildman–Crippen LogP) is 3.05. The zero-order valence-corrected chi connectivity index (χ0v) is 12.5. The molecule has 0 spiro atoms. The minimum Gasteiger partial charge on any atom is -0.481 e. The van der Waals surface area contributed by atoms with Crippen molar-refractivity contribution in [3.05, 3.63) is 41.4 Å². The van der Waals surface area contributed by atoms with E-state index in [2.05, 4.69) is 11.4 Å². The molecule has 1 aromatic rings. The van der Waals surface area contributed by atoms with Gasteiger partial charge in [-0.15, -0.1) is 0 Å². The molecule has 22 heavy (non-hydrogen) atoms. The summed E-state index contributed by atoms with van der Waals surface area (Å²) in [4.78, 5) is 24.4. The standard InChI is InChI=1S/C17H16ClNO3/c18-8-2-1-3-9(6-8)19-16(20)14-10-4-5-11(13-7-12(10)13)15(14)17(21)22/h1-6,10-15H,7H2,(H,19,20)(H,21,22)/t10-,11+,12-,13+,14-,15+/m0/s1. The van der Waals surface area contributed by atoms with Gasteiger partial charge in [-0.25, -0.2) is 0 Å². The number of allylic oxidation sites excluding steroid dienone is 2. The number of benzene rings is 1. The second kappa shape index (κ2) is 4.85. The van der Waals surface area contributed by atoms with E-state index in [0.717, 1.165) is 6.42 Å². The van der Waals surface area contributed by atoms with Crippen LogP contribution in [0.5, 0.6) is 0 Å². The van der Waals surface area contributed by atoms with E-state index in [0.29, 0.717) is 22.5 Å². The number of carbonyl (C=O) groups is 2. The summed E-state index contributed by atoms with van der Waals surface area (Å²) in [6.07, 6.45) is 5.12.